The number of likely N-dealkylation sites (N-methyl/N-ethyl adjacent to an activating group) is 1. The Hall–Kier alpha value is -1.79. The molecule has 1 saturated heterocycles. The summed E-state index contributed by atoms with van der Waals surface area (Å²) >= 11 is 0. The fraction of sp³-hybridized carbons (Fsp3) is 0.562. The maximum absolute atomic E-state index is 11.7. The standard InChI is InChI=1S/C16H23NO5/c1-16(9-22-10-16)8-17(2)14(15(18)19)11-5-6-12(20-3)13(7-11)21-4/h5-7,14H,8-10H2,1-4H3,(H,18,19). The van der Waals surface area contributed by atoms with Crippen molar-refractivity contribution in [2.75, 3.05) is 41.0 Å². The lowest BCUT2D eigenvalue weighted by Crippen LogP contribution is -2.49. The largest absolute Gasteiger partial charge is 0.493 e. The third-order valence-corrected chi connectivity index (χ3v) is 3.93. The summed E-state index contributed by atoms with van der Waals surface area (Å²) in [6.07, 6.45) is 0. The van der Waals surface area contributed by atoms with E-state index in [-0.39, 0.29) is 5.41 Å². The Balaban J connectivity index is 2.25. The number of methoxy groups -OCH3 is 2. The molecule has 6 nitrogen and oxygen atoms in total. The van der Waals surface area contributed by atoms with Gasteiger partial charge in [-0.2, -0.15) is 0 Å². The first-order chi connectivity index (χ1) is 10.4. The van der Waals surface area contributed by atoms with Crippen molar-refractivity contribution in [2.24, 2.45) is 5.41 Å². The van der Waals surface area contributed by atoms with Gasteiger partial charge in [-0.25, -0.2) is 0 Å². The van der Waals surface area contributed by atoms with E-state index in [1.165, 1.54) is 7.11 Å². The van der Waals surface area contributed by atoms with Crippen LogP contribution < -0.4 is 9.47 Å². The summed E-state index contributed by atoms with van der Waals surface area (Å²) in [6, 6.07) is 4.47. The molecule has 1 N–H and O–H groups in total. The topological polar surface area (TPSA) is 68.2 Å². The zero-order valence-corrected chi connectivity index (χ0v) is 13.5. The van der Waals surface area contributed by atoms with Gasteiger partial charge in [-0.1, -0.05) is 13.0 Å². The molecule has 1 atom stereocenters. The number of benzene rings is 1. The summed E-state index contributed by atoms with van der Waals surface area (Å²) in [4.78, 5) is 13.6. The highest BCUT2D eigenvalue weighted by atomic mass is 16.5. The van der Waals surface area contributed by atoms with Crippen molar-refractivity contribution in [3.63, 3.8) is 0 Å². The lowest BCUT2D eigenvalue weighted by Gasteiger charge is -2.42. The Morgan fingerprint density at radius 3 is 2.45 bits per heavy atom. The maximum Gasteiger partial charge on any atom is 0.325 e. The number of carbonyl (C=O) groups is 1. The minimum Gasteiger partial charge on any atom is -0.493 e. The van der Waals surface area contributed by atoms with E-state index >= 15 is 0 Å². The van der Waals surface area contributed by atoms with Gasteiger partial charge in [0.15, 0.2) is 11.5 Å². The van der Waals surface area contributed by atoms with Gasteiger partial charge in [0.1, 0.15) is 6.04 Å². The number of nitrogens with zero attached hydrogens (tertiary/aromatic N) is 1. The van der Waals surface area contributed by atoms with Gasteiger partial charge in [0.2, 0.25) is 0 Å². The predicted octanol–water partition coefficient (Wildman–Crippen LogP) is 1.80. The molecule has 1 aromatic carbocycles. The average Bonchev–Trinajstić information content (AvgIpc) is 2.45. The SMILES string of the molecule is COc1ccc(C(C(=O)O)N(C)CC2(C)COC2)cc1OC. The van der Waals surface area contributed by atoms with Crippen molar-refractivity contribution in [3.05, 3.63) is 23.8 Å². The zero-order chi connectivity index (χ0) is 16.3. The quantitative estimate of drug-likeness (QED) is 0.828. The first-order valence-corrected chi connectivity index (χ1v) is 7.13. The van der Waals surface area contributed by atoms with Crippen molar-refractivity contribution < 1.29 is 24.1 Å². The number of hydrogen-bond donors (Lipinski definition) is 1. The van der Waals surface area contributed by atoms with E-state index < -0.39 is 12.0 Å². The van der Waals surface area contributed by atoms with E-state index in [1.54, 1.807) is 25.3 Å². The summed E-state index contributed by atoms with van der Waals surface area (Å²) in [5, 5.41) is 9.63. The molecule has 0 saturated carbocycles. The minimum atomic E-state index is -0.890. The Bertz CT molecular complexity index is 541. The molecule has 6 heteroatoms. The number of ether oxygens (including phenoxy) is 3. The summed E-state index contributed by atoms with van der Waals surface area (Å²) in [5.74, 6) is 0.216. The monoisotopic (exact) mass is 309 g/mol. The number of rotatable bonds is 7. The first kappa shape index (κ1) is 16.6. The molecule has 0 aliphatic carbocycles. The molecule has 0 amide bonds. The molecule has 0 spiro atoms. The highest BCUT2D eigenvalue weighted by Gasteiger charge is 2.37. The van der Waals surface area contributed by atoms with Gasteiger partial charge in [-0.3, -0.25) is 9.69 Å². The minimum absolute atomic E-state index is 0.0129. The third kappa shape index (κ3) is 3.34. The first-order valence-electron chi connectivity index (χ1n) is 7.13. The van der Waals surface area contributed by atoms with Gasteiger partial charge >= 0.3 is 5.97 Å². The lowest BCUT2D eigenvalue weighted by molar-refractivity contribution is -0.148. The van der Waals surface area contributed by atoms with Crippen molar-refractivity contribution in [1.82, 2.24) is 4.90 Å². The molecule has 1 fully saturated rings. The van der Waals surface area contributed by atoms with Crippen LogP contribution in [-0.2, 0) is 9.53 Å². The van der Waals surface area contributed by atoms with Crippen LogP contribution in [0.5, 0.6) is 11.5 Å². The van der Waals surface area contributed by atoms with Gasteiger partial charge < -0.3 is 19.3 Å². The number of carboxylic acid groups (broad SMARTS) is 1. The van der Waals surface area contributed by atoms with Crippen molar-refractivity contribution in [1.29, 1.82) is 0 Å². The molecule has 1 heterocycles. The van der Waals surface area contributed by atoms with Crippen LogP contribution in [0.1, 0.15) is 18.5 Å². The van der Waals surface area contributed by atoms with Gasteiger partial charge in [0, 0.05) is 12.0 Å². The van der Waals surface area contributed by atoms with Gasteiger partial charge in [-0.15, -0.1) is 0 Å². The second-order valence-corrected chi connectivity index (χ2v) is 6.07. The van der Waals surface area contributed by atoms with E-state index in [9.17, 15) is 9.90 Å². The fourth-order valence-electron chi connectivity index (χ4n) is 2.84. The fourth-order valence-corrected chi connectivity index (χ4v) is 2.84. The Morgan fingerprint density at radius 2 is 2.00 bits per heavy atom. The highest BCUT2D eigenvalue weighted by Crippen LogP contribution is 2.34. The maximum atomic E-state index is 11.7. The van der Waals surface area contributed by atoms with Crippen LogP contribution in [0.15, 0.2) is 18.2 Å². The van der Waals surface area contributed by atoms with E-state index in [2.05, 4.69) is 6.92 Å². The molecular weight excluding hydrogens is 286 g/mol. The second kappa shape index (κ2) is 6.54. The third-order valence-electron chi connectivity index (χ3n) is 3.93. The lowest BCUT2D eigenvalue weighted by atomic mass is 9.87. The average molecular weight is 309 g/mol. The Kier molecular flexibility index (Phi) is 4.93. The van der Waals surface area contributed by atoms with Crippen LogP contribution in [0, 0.1) is 5.41 Å². The molecule has 1 aromatic rings. The second-order valence-electron chi connectivity index (χ2n) is 6.07. The molecular formula is C16H23NO5. The molecule has 0 radical (unpaired) electrons. The predicted molar refractivity (Wildman–Crippen MR) is 81.5 cm³/mol. The summed E-state index contributed by atoms with van der Waals surface area (Å²) in [5.41, 5.74) is 0.676. The van der Waals surface area contributed by atoms with Crippen molar-refractivity contribution in [3.8, 4) is 11.5 Å². The highest BCUT2D eigenvalue weighted by molar-refractivity contribution is 5.76. The van der Waals surface area contributed by atoms with Crippen molar-refractivity contribution >= 4 is 5.97 Å². The summed E-state index contributed by atoms with van der Waals surface area (Å²) in [7, 11) is 4.91. The van der Waals surface area contributed by atoms with E-state index in [1.807, 2.05) is 11.9 Å². The Labute approximate surface area is 130 Å². The van der Waals surface area contributed by atoms with Crippen LogP contribution in [0.2, 0.25) is 0 Å². The van der Waals surface area contributed by atoms with Crippen LogP contribution >= 0.6 is 0 Å². The van der Waals surface area contributed by atoms with Gasteiger partial charge in [-0.05, 0) is 24.7 Å². The van der Waals surface area contributed by atoms with Crippen LogP contribution in [0.4, 0.5) is 0 Å². The Morgan fingerprint density at radius 1 is 1.36 bits per heavy atom. The normalized spacial score (nSPS) is 17.7. The summed E-state index contributed by atoms with van der Waals surface area (Å²) in [6.45, 7) is 4.07. The number of aliphatic carboxylic acids is 1. The van der Waals surface area contributed by atoms with Gasteiger partial charge in [0.05, 0.1) is 27.4 Å². The number of hydrogen-bond acceptors (Lipinski definition) is 5. The molecule has 0 bridgehead atoms. The van der Waals surface area contributed by atoms with E-state index in [0.717, 1.165) is 0 Å². The molecule has 1 aliphatic heterocycles. The zero-order valence-electron chi connectivity index (χ0n) is 13.5. The molecule has 0 aromatic heterocycles. The smallest absolute Gasteiger partial charge is 0.325 e. The summed E-state index contributed by atoms with van der Waals surface area (Å²) < 4.78 is 15.7. The van der Waals surface area contributed by atoms with E-state index in [4.69, 9.17) is 14.2 Å². The molecule has 122 valence electrons. The van der Waals surface area contributed by atoms with Crippen molar-refractivity contribution in [2.45, 2.75) is 13.0 Å². The van der Waals surface area contributed by atoms with Crippen LogP contribution in [0.25, 0.3) is 0 Å². The molecule has 2 rings (SSSR count). The molecule has 22 heavy (non-hydrogen) atoms. The molecule has 1 unspecified atom stereocenters. The number of carboxylic acids is 1. The van der Waals surface area contributed by atoms with Gasteiger partial charge in [0.25, 0.3) is 0 Å². The van der Waals surface area contributed by atoms with Crippen LogP contribution in [0.3, 0.4) is 0 Å². The van der Waals surface area contributed by atoms with Crippen LogP contribution in [-0.4, -0.2) is 57.0 Å². The van der Waals surface area contributed by atoms with E-state index in [0.29, 0.717) is 36.8 Å². The molecule has 1 aliphatic rings.